The standard InChI is InChI=1S/C75H145NO5/c1-3-5-7-9-11-13-15-17-19-20-37-40-43-47-51-55-59-63-67-73(78)72(71-77)76-74(79)68-64-60-56-52-48-44-41-38-35-33-31-29-27-25-23-21-22-24-26-28-30-32-34-36-39-42-46-50-54-58-62-66-70-81-75(80)69-65-61-57-53-49-45-18-16-14-12-10-8-6-4-2/h24,26,63,67,72-73,77-78H,3-23,25,27-62,64-66,68-71H2,1-2H3,(H,76,79)/b26-24-,67-63+. The number of allylic oxidation sites excluding steroid dienone is 3. The quantitative estimate of drug-likeness (QED) is 0.0320. The molecule has 0 aromatic carbocycles. The van der Waals surface area contributed by atoms with Crippen LogP contribution in [-0.2, 0) is 14.3 Å². The first-order valence-electron chi connectivity index (χ1n) is 37.1. The van der Waals surface area contributed by atoms with Gasteiger partial charge in [0, 0.05) is 12.8 Å². The maximum Gasteiger partial charge on any atom is 0.305 e. The Kier molecular flexibility index (Phi) is 69.4. The lowest BCUT2D eigenvalue weighted by atomic mass is 10.0. The molecule has 0 radical (unpaired) electrons. The molecule has 0 spiro atoms. The van der Waals surface area contributed by atoms with E-state index >= 15 is 0 Å². The maximum absolute atomic E-state index is 12.5. The SMILES string of the molecule is CCCCCCCCCCCCCCCCCC/C=C/C(O)C(CO)NC(=O)CCCCCCCCCCCCCCCCCC/C=C\CCCCCCCCCCCCCCOC(=O)CCCCCCCCCCCCCCCC. The molecule has 0 fully saturated rings. The lowest BCUT2D eigenvalue weighted by molar-refractivity contribution is -0.143. The summed E-state index contributed by atoms with van der Waals surface area (Å²) in [7, 11) is 0. The van der Waals surface area contributed by atoms with Gasteiger partial charge < -0.3 is 20.3 Å². The zero-order chi connectivity index (χ0) is 58.5. The number of rotatable bonds is 70. The van der Waals surface area contributed by atoms with Crippen molar-refractivity contribution in [3.05, 3.63) is 24.3 Å². The van der Waals surface area contributed by atoms with E-state index in [1.54, 1.807) is 6.08 Å². The van der Waals surface area contributed by atoms with Crippen LogP contribution in [0.15, 0.2) is 24.3 Å². The molecule has 0 bridgehead atoms. The van der Waals surface area contributed by atoms with E-state index in [-0.39, 0.29) is 18.5 Å². The molecule has 0 aliphatic rings. The first kappa shape index (κ1) is 79.3. The summed E-state index contributed by atoms with van der Waals surface area (Å²) < 4.78 is 5.50. The van der Waals surface area contributed by atoms with Crippen LogP contribution in [0.4, 0.5) is 0 Å². The molecule has 0 aromatic rings. The first-order chi connectivity index (χ1) is 40.0. The minimum Gasteiger partial charge on any atom is -0.466 e. The van der Waals surface area contributed by atoms with E-state index < -0.39 is 12.1 Å². The molecule has 0 saturated carbocycles. The first-order valence-corrected chi connectivity index (χ1v) is 37.1. The van der Waals surface area contributed by atoms with Gasteiger partial charge in [-0.25, -0.2) is 0 Å². The fourth-order valence-corrected chi connectivity index (χ4v) is 11.8. The lowest BCUT2D eigenvalue weighted by Gasteiger charge is -2.20. The monoisotopic (exact) mass is 1140 g/mol. The van der Waals surface area contributed by atoms with Crippen LogP contribution in [0.2, 0.25) is 0 Å². The Morgan fingerprint density at radius 1 is 0.333 bits per heavy atom. The van der Waals surface area contributed by atoms with Crippen LogP contribution >= 0.6 is 0 Å². The Balaban J connectivity index is 3.37. The second kappa shape index (κ2) is 70.8. The van der Waals surface area contributed by atoms with Crippen molar-refractivity contribution in [1.82, 2.24) is 5.32 Å². The molecule has 6 nitrogen and oxygen atoms in total. The summed E-state index contributed by atoms with van der Waals surface area (Å²) in [6, 6.07) is -0.626. The topological polar surface area (TPSA) is 95.9 Å². The maximum atomic E-state index is 12.5. The number of amides is 1. The molecule has 0 saturated heterocycles. The number of hydrogen-bond donors (Lipinski definition) is 3. The number of aliphatic hydroxyl groups is 2. The van der Waals surface area contributed by atoms with Gasteiger partial charge in [0.1, 0.15) is 0 Å². The molecule has 81 heavy (non-hydrogen) atoms. The third-order valence-electron chi connectivity index (χ3n) is 17.5. The Morgan fingerprint density at radius 2 is 0.580 bits per heavy atom. The van der Waals surface area contributed by atoms with E-state index in [9.17, 15) is 19.8 Å². The molecule has 2 atom stereocenters. The molecule has 1 amide bonds. The summed E-state index contributed by atoms with van der Waals surface area (Å²) in [6.07, 6.45) is 89.9. The highest BCUT2D eigenvalue weighted by Crippen LogP contribution is 2.19. The van der Waals surface area contributed by atoms with Crippen molar-refractivity contribution in [3.8, 4) is 0 Å². The number of carbonyl (C=O) groups is 2. The van der Waals surface area contributed by atoms with Crippen molar-refractivity contribution in [2.75, 3.05) is 13.2 Å². The summed E-state index contributed by atoms with van der Waals surface area (Å²) in [4.78, 5) is 24.6. The summed E-state index contributed by atoms with van der Waals surface area (Å²) in [5.41, 5.74) is 0. The van der Waals surface area contributed by atoms with Gasteiger partial charge in [0.25, 0.3) is 0 Å². The highest BCUT2D eigenvalue weighted by Gasteiger charge is 2.18. The lowest BCUT2D eigenvalue weighted by Crippen LogP contribution is -2.45. The third kappa shape index (κ3) is 67.3. The van der Waals surface area contributed by atoms with Crippen LogP contribution in [0.5, 0.6) is 0 Å². The van der Waals surface area contributed by atoms with E-state index in [1.807, 2.05) is 6.08 Å². The zero-order valence-corrected chi connectivity index (χ0v) is 55.0. The molecule has 3 N–H and O–H groups in total. The van der Waals surface area contributed by atoms with Crippen LogP contribution in [-0.4, -0.2) is 47.4 Å². The molecule has 480 valence electrons. The number of esters is 1. The van der Waals surface area contributed by atoms with E-state index in [4.69, 9.17) is 4.74 Å². The number of unbranched alkanes of at least 4 members (excludes halogenated alkanes) is 57. The average Bonchev–Trinajstić information content (AvgIpc) is 3.47. The predicted octanol–water partition coefficient (Wildman–Crippen LogP) is 24.1. The van der Waals surface area contributed by atoms with Gasteiger partial charge in [-0.15, -0.1) is 0 Å². The van der Waals surface area contributed by atoms with E-state index in [2.05, 4.69) is 31.3 Å². The summed E-state index contributed by atoms with van der Waals surface area (Å²) in [5.74, 6) is -0.0406. The van der Waals surface area contributed by atoms with Gasteiger partial charge in [-0.05, 0) is 57.8 Å². The molecule has 6 heteroatoms. The summed E-state index contributed by atoms with van der Waals surface area (Å²) in [6.45, 7) is 4.95. The van der Waals surface area contributed by atoms with Crippen LogP contribution in [0.25, 0.3) is 0 Å². The minimum absolute atomic E-state index is 0.0210. The molecular weight excluding hydrogens is 995 g/mol. The molecular formula is C75H145NO5. The number of aliphatic hydroxyl groups excluding tert-OH is 2. The number of hydrogen-bond acceptors (Lipinski definition) is 5. The normalized spacial score (nSPS) is 12.6. The van der Waals surface area contributed by atoms with Gasteiger partial charge in [-0.1, -0.05) is 372 Å². The number of nitrogens with one attached hydrogen (secondary N) is 1. The smallest absolute Gasteiger partial charge is 0.305 e. The summed E-state index contributed by atoms with van der Waals surface area (Å²) in [5, 5.41) is 23.2. The Hall–Kier alpha value is -1.66. The van der Waals surface area contributed by atoms with E-state index in [1.165, 1.54) is 353 Å². The fraction of sp³-hybridized carbons (Fsp3) is 0.920. The van der Waals surface area contributed by atoms with Gasteiger partial charge in [-0.3, -0.25) is 9.59 Å². The Bertz CT molecular complexity index is 1270. The van der Waals surface area contributed by atoms with Crippen molar-refractivity contribution in [3.63, 3.8) is 0 Å². The van der Waals surface area contributed by atoms with Crippen molar-refractivity contribution in [2.45, 2.75) is 431 Å². The van der Waals surface area contributed by atoms with Gasteiger partial charge in [0.05, 0.1) is 25.4 Å². The van der Waals surface area contributed by atoms with Crippen LogP contribution < -0.4 is 5.32 Å². The molecule has 2 unspecified atom stereocenters. The second-order valence-corrected chi connectivity index (χ2v) is 25.6. The van der Waals surface area contributed by atoms with E-state index in [0.717, 1.165) is 38.5 Å². The number of carbonyl (C=O) groups excluding carboxylic acids is 2. The van der Waals surface area contributed by atoms with Gasteiger partial charge in [-0.2, -0.15) is 0 Å². The van der Waals surface area contributed by atoms with Crippen LogP contribution in [0.3, 0.4) is 0 Å². The Labute approximate surface area is 507 Å². The zero-order valence-electron chi connectivity index (χ0n) is 55.0. The molecule has 0 aliphatic heterocycles. The summed E-state index contributed by atoms with van der Waals surface area (Å²) >= 11 is 0. The molecule has 0 aromatic heterocycles. The average molecular weight is 1140 g/mol. The minimum atomic E-state index is -0.843. The third-order valence-corrected chi connectivity index (χ3v) is 17.5. The second-order valence-electron chi connectivity index (χ2n) is 25.6. The van der Waals surface area contributed by atoms with Gasteiger partial charge in [0.15, 0.2) is 0 Å². The van der Waals surface area contributed by atoms with Crippen LogP contribution in [0.1, 0.15) is 418 Å². The van der Waals surface area contributed by atoms with E-state index in [0.29, 0.717) is 19.4 Å². The largest absolute Gasteiger partial charge is 0.466 e. The molecule has 0 heterocycles. The van der Waals surface area contributed by atoms with Crippen molar-refractivity contribution < 1.29 is 24.5 Å². The molecule has 0 rings (SSSR count). The van der Waals surface area contributed by atoms with Crippen molar-refractivity contribution in [1.29, 1.82) is 0 Å². The predicted molar refractivity (Wildman–Crippen MR) is 356 cm³/mol. The number of ether oxygens (including phenoxy) is 1. The molecule has 0 aliphatic carbocycles. The highest BCUT2D eigenvalue weighted by molar-refractivity contribution is 5.76. The highest BCUT2D eigenvalue weighted by atomic mass is 16.5. The van der Waals surface area contributed by atoms with Crippen molar-refractivity contribution in [2.24, 2.45) is 0 Å². The fourth-order valence-electron chi connectivity index (χ4n) is 11.8. The van der Waals surface area contributed by atoms with Crippen molar-refractivity contribution >= 4 is 11.9 Å². The van der Waals surface area contributed by atoms with Crippen LogP contribution in [0, 0.1) is 0 Å². The van der Waals surface area contributed by atoms with Gasteiger partial charge >= 0.3 is 5.97 Å². The van der Waals surface area contributed by atoms with Gasteiger partial charge in [0.2, 0.25) is 5.91 Å². The Morgan fingerprint density at radius 3 is 0.877 bits per heavy atom.